The zero-order valence-electron chi connectivity index (χ0n) is 16.1. The number of methoxy groups -OCH3 is 1. The van der Waals surface area contributed by atoms with Crippen molar-refractivity contribution >= 4 is 23.4 Å². The molecule has 1 heterocycles. The fourth-order valence-electron chi connectivity index (χ4n) is 3.45. The molecule has 0 saturated heterocycles. The molecule has 0 spiro atoms. The van der Waals surface area contributed by atoms with Crippen LogP contribution in [0.25, 0.3) is 11.4 Å². The predicted molar refractivity (Wildman–Crippen MR) is 108 cm³/mol. The third-order valence-corrected chi connectivity index (χ3v) is 5.03. The molecule has 3 rings (SSSR count). The number of esters is 1. The maximum absolute atomic E-state index is 12.5. The first-order chi connectivity index (χ1) is 13.0. The van der Waals surface area contributed by atoms with Crippen molar-refractivity contribution in [3.8, 4) is 11.4 Å². The van der Waals surface area contributed by atoms with Gasteiger partial charge in [-0.2, -0.15) is 0 Å². The second-order valence-corrected chi connectivity index (χ2v) is 7.88. The SMILES string of the molecule is COC(=O)c1c(CC(C)C)nc(-c2ccc(Cl)cc2)nc1NC1CCCC1. The molecule has 144 valence electrons. The van der Waals surface area contributed by atoms with Crippen molar-refractivity contribution in [1.29, 1.82) is 0 Å². The van der Waals surface area contributed by atoms with Crippen molar-refractivity contribution in [3.05, 3.63) is 40.5 Å². The number of hydrogen-bond donors (Lipinski definition) is 1. The number of halogens is 1. The van der Waals surface area contributed by atoms with E-state index in [-0.39, 0.29) is 0 Å². The van der Waals surface area contributed by atoms with Crippen molar-refractivity contribution in [1.82, 2.24) is 9.97 Å². The van der Waals surface area contributed by atoms with Crippen LogP contribution in [0.5, 0.6) is 0 Å². The minimum Gasteiger partial charge on any atom is -0.465 e. The molecule has 1 aliphatic carbocycles. The Morgan fingerprint density at radius 3 is 2.48 bits per heavy atom. The highest BCUT2D eigenvalue weighted by atomic mass is 35.5. The van der Waals surface area contributed by atoms with E-state index in [0.29, 0.717) is 40.6 Å². The summed E-state index contributed by atoms with van der Waals surface area (Å²) in [6.45, 7) is 4.21. The highest BCUT2D eigenvalue weighted by molar-refractivity contribution is 6.30. The first kappa shape index (κ1) is 19.6. The van der Waals surface area contributed by atoms with Crippen LogP contribution in [-0.4, -0.2) is 29.1 Å². The summed E-state index contributed by atoms with van der Waals surface area (Å²) in [5.41, 5.74) is 2.04. The summed E-state index contributed by atoms with van der Waals surface area (Å²) < 4.78 is 5.05. The van der Waals surface area contributed by atoms with Crippen LogP contribution in [-0.2, 0) is 11.2 Å². The molecule has 0 bridgehead atoms. The lowest BCUT2D eigenvalue weighted by atomic mass is 10.0. The van der Waals surface area contributed by atoms with Crippen LogP contribution >= 0.6 is 11.6 Å². The monoisotopic (exact) mass is 387 g/mol. The molecular formula is C21H26ClN3O2. The van der Waals surface area contributed by atoms with Crippen molar-refractivity contribution in [3.63, 3.8) is 0 Å². The van der Waals surface area contributed by atoms with Crippen LogP contribution in [0.2, 0.25) is 5.02 Å². The third-order valence-electron chi connectivity index (χ3n) is 4.77. The maximum atomic E-state index is 12.5. The number of rotatable bonds is 6. The van der Waals surface area contributed by atoms with E-state index in [1.807, 2.05) is 24.3 Å². The predicted octanol–water partition coefficient (Wildman–Crippen LogP) is 5.14. The first-order valence-corrected chi connectivity index (χ1v) is 9.87. The Morgan fingerprint density at radius 1 is 1.22 bits per heavy atom. The number of aromatic nitrogens is 2. The van der Waals surface area contributed by atoms with Gasteiger partial charge in [-0.1, -0.05) is 38.3 Å². The van der Waals surface area contributed by atoms with E-state index in [2.05, 4.69) is 19.2 Å². The molecule has 0 unspecified atom stereocenters. The zero-order valence-corrected chi connectivity index (χ0v) is 16.8. The number of nitrogens with one attached hydrogen (secondary N) is 1. The van der Waals surface area contributed by atoms with E-state index in [0.717, 1.165) is 24.1 Å². The van der Waals surface area contributed by atoms with Gasteiger partial charge < -0.3 is 10.1 Å². The second kappa shape index (κ2) is 8.70. The molecule has 6 heteroatoms. The van der Waals surface area contributed by atoms with Gasteiger partial charge in [-0.25, -0.2) is 14.8 Å². The van der Waals surface area contributed by atoms with Crippen LogP contribution in [0.4, 0.5) is 5.82 Å². The first-order valence-electron chi connectivity index (χ1n) is 9.49. The van der Waals surface area contributed by atoms with E-state index >= 15 is 0 Å². The van der Waals surface area contributed by atoms with Crippen molar-refractivity contribution < 1.29 is 9.53 Å². The molecule has 1 aromatic heterocycles. The number of ether oxygens (including phenoxy) is 1. The maximum Gasteiger partial charge on any atom is 0.343 e. The molecule has 0 amide bonds. The van der Waals surface area contributed by atoms with Crippen LogP contribution in [0.3, 0.4) is 0 Å². The Kier molecular flexibility index (Phi) is 6.32. The van der Waals surface area contributed by atoms with E-state index in [9.17, 15) is 4.79 Å². The smallest absolute Gasteiger partial charge is 0.343 e. The summed E-state index contributed by atoms with van der Waals surface area (Å²) in [5.74, 6) is 1.12. The largest absolute Gasteiger partial charge is 0.465 e. The summed E-state index contributed by atoms with van der Waals surface area (Å²) in [6, 6.07) is 7.76. The standard InChI is InChI=1S/C21H26ClN3O2/c1-13(2)12-17-18(21(26)27-3)20(23-16-6-4-5-7-16)25-19(24-17)14-8-10-15(22)11-9-14/h8-11,13,16H,4-7,12H2,1-3H3,(H,23,24,25). The lowest BCUT2D eigenvalue weighted by Crippen LogP contribution is -2.22. The van der Waals surface area contributed by atoms with E-state index in [4.69, 9.17) is 26.3 Å². The lowest BCUT2D eigenvalue weighted by Gasteiger charge is -2.19. The molecule has 1 N–H and O–H groups in total. The molecule has 27 heavy (non-hydrogen) atoms. The van der Waals surface area contributed by atoms with Crippen molar-refractivity contribution in [2.75, 3.05) is 12.4 Å². The molecule has 1 aromatic carbocycles. The third kappa shape index (κ3) is 4.78. The quantitative estimate of drug-likeness (QED) is 0.695. The molecule has 0 atom stereocenters. The van der Waals surface area contributed by atoms with E-state index < -0.39 is 5.97 Å². The van der Waals surface area contributed by atoms with Gasteiger partial charge in [-0.05, 0) is 49.4 Å². The van der Waals surface area contributed by atoms with Gasteiger partial charge in [0.15, 0.2) is 5.82 Å². The molecule has 1 aliphatic rings. The van der Waals surface area contributed by atoms with Gasteiger partial charge in [-0.3, -0.25) is 0 Å². The molecular weight excluding hydrogens is 362 g/mol. The second-order valence-electron chi connectivity index (χ2n) is 7.44. The van der Waals surface area contributed by atoms with Crippen LogP contribution in [0.1, 0.15) is 55.6 Å². The van der Waals surface area contributed by atoms with Crippen LogP contribution in [0, 0.1) is 5.92 Å². The fraction of sp³-hybridized carbons (Fsp3) is 0.476. The average Bonchev–Trinajstić information content (AvgIpc) is 3.14. The number of benzene rings is 1. The molecule has 0 aliphatic heterocycles. The minimum absolute atomic E-state index is 0.327. The van der Waals surface area contributed by atoms with Gasteiger partial charge in [-0.15, -0.1) is 0 Å². The normalized spacial score (nSPS) is 14.6. The Morgan fingerprint density at radius 2 is 1.89 bits per heavy atom. The topological polar surface area (TPSA) is 64.1 Å². The Labute approximate surface area is 165 Å². The van der Waals surface area contributed by atoms with Crippen molar-refractivity contribution in [2.45, 2.75) is 52.0 Å². The van der Waals surface area contributed by atoms with Crippen LogP contribution in [0.15, 0.2) is 24.3 Å². The van der Waals surface area contributed by atoms with E-state index in [1.54, 1.807) is 0 Å². The average molecular weight is 388 g/mol. The molecule has 2 aromatic rings. The number of carbonyl (C=O) groups is 1. The molecule has 1 fully saturated rings. The van der Waals surface area contributed by atoms with Crippen molar-refractivity contribution in [2.24, 2.45) is 5.92 Å². The number of hydrogen-bond acceptors (Lipinski definition) is 5. The van der Waals surface area contributed by atoms with E-state index in [1.165, 1.54) is 20.0 Å². The highest BCUT2D eigenvalue weighted by Crippen LogP contribution is 2.29. The number of carbonyl (C=O) groups excluding carboxylic acids is 1. The summed E-state index contributed by atoms with van der Waals surface area (Å²) in [4.78, 5) is 22.0. The van der Waals surface area contributed by atoms with Gasteiger partial charge in [0.1, 0.15) is 11.4 Å². The summed E-state index contributed by atoms with van der Waals surface area (Å²) in [5, 5.41) is 4.15. The molecule has 0 radical (unpaired) electrons. The van der Waals surface area contributed by atoms with Gasteiger partial charge in [0, 0.05) is 16.6 Å². The number of anilines is 1. The van der Waals surface area contributed by atoms with Gasteiger partial charge >= 0.3 is 5.97 Å². The molecule has 1 saturated carbocycles. The Bertz CT molecular complexity index is 800. The summed E-state index contributed by atoms with van der Waals surface area (Å²) in [7, 11) is 1.40. The van der Waals surface area contributed by atoms with Gasteiger partial charge in [0.25, 0.3) is 0 Å². The highest BCUT2D eigenvalue weighted by Gasteiger charge is 2.25. The lowest BCUT2D eigenvalue weighted by molar-refractivity contribution is 0.0599. The van der Waals surface area contributed by atoms with Crippen LogP contribution < -0.4 is 5.32 Å². The zero-order chi connectivity index (χ0) is 19.4. The fourth-order valence-corrected chi connectivity index (χ4v) is 3.58. The van der Waals surface area contributed by atoms with Gasteiger partial charge in [0.2, 0.25) is 0 Å². The number of nitrogens with zero attached hydrogens (tertiary/aromatic N) is 2. The summed E-state index contributed by atoms with van der Waals surface area (Å²) in [6.07, 6.45) is 5.23. The molecule has 5 nitrogen and oxygen atoms in total. The Balaban J connectivity index is 2.11. The minimum atomic E-state index is -0.395. The summed E-state index contributed by atoms with van der Waals surface area (Å²) >= 11 is 6.02. The van der Waals surface area contributed by atoms with Gasteiger partial charge in [0.05, 0.1) is 12.8 Å². The Hall–Kier alpha value is -2.14.